The Kier molecular flexibility index (Phi) is 3.45. The van der Waals surface area contributed by atoms with Crippen LogP contribution in [0.25, 0.3) is 0 Å². The molecule has 2 nitrogen and oxygen atoms in total. The number of halogens is 2. The van der Waals surface area contributed by atoms with Gasteiger partial charge in [0.2, 0.25) is 0 Å². The van der Waals surface area contributed by atoms with E-state index >= 15 is 0 Å². The van der Waals surface area contributed by atoms with Crippen molar-refractivity contribution in [3.05, 3.63) is 29.3 Å². The van der Waals surface area contributed by atoms with Gasteiger partial charge in [-0.2, -0.15) is 0 Å². The molecule has 1 heterocycles. The molecule has 0 bridgehead atoms. The van der Waals surface area contributed by atoms with Crippen LogP contribution < -0.4 is 5.73 Å². The fraction of sp³-hybridized carbons (Fsp3) is 0.500. The van der Waals surface area contributed by atoms with Crippen molar-refractivity contribution in [2.24, 2.45) is 11.7 Å². The molecule has 0 spiro atoms. The van der Waals surface area contributed by atoms with Gasteiger partial charge in [0.1, 0.15) is 5.82 Å². The standard InChI is InChI=1S/C10H13FN2.ClH/c1-6-8(11)4-5-9(13-6)10(12)7-2-3-7;/h4-5,7,10H,2-3,12H2,1H3;1H. The molecule has 1 aromatic heterocycles. The quantitative estimate of drug-likeness (QED) is 0.825. The second kappa shape index (κ2) is 4.24. The molecule has 1 aliphatic rings. The van der Waals surface area contributed by atoms with Gasteiger partial charge in [0.05, 0.1) is 11.4 Å². The van der Waals surface area contributed by atoms with Gasteiger partial charge in [-0.05, 0) is 37.8 Å². The van der Waals surface area contributed by atoms with Crippen LogP contribution in [0.5, 0.6) is 0 Å². The van der Waals surface area contributed by atoms with Crippen molar-refractivity contribution in [2.75, 3.05) is 0 Å². The third-order valence-corrected chi connectivity index (χ3v) is 2.51. The van der Waals surface area contributed by atoms with Crippen LogP contribution in [0, 0.1) is 18.7 Å². The molecule has 0 aromatic carbocycles. The van der Waals surface area contributed by atoms with Crippen molar-refractivity contribution in [1.29, 1.82) is 0 Å². The summed E-state index contributed by atoms with van der Waals surface area (Å²) in [5.41, 5.74) is 7.19. The fourth-order valence-corrected chi connectivity index (χ4v) is 1.45. The summed E-state index contributed by atoms with van der Waals surface area (Å²) in [6.45, 7) is 1.67. The molecule has 78 valence electrons. The van der Waals surface area contributed by atoms with Crippen molar-refractivity contribution in [3.63, 3.8) is 0 Å². The Morgan fingerprint density at radius 3 is 2.64 bits per heavy atom. The number of aromatic nitrogens is 1. The molecule has 0 amide bonds. The molecule has 2 rings (SSSR count). The predicted octanol–water partition coefficient (Wildman–Crippen LogP) is 2.36. The average Bonchev–Trinajstić information content (AvgIpc) is 2.91. The van der Waals surface area contributed by atoms with Gasteiger partial charge in [-0.3, -0.25) is 4.98 Å². The zero-order valence-electron chi connectivity index (χ0n) is 8.03. The topological polar surface area (TPSA) is 38.9 Å². The molecule has 1 aliphatic carbocycles. The number of pyridine rings is 1. The number of nitrogens with zero attached hydrogens (tertiary/aromatic N) is 1. The lowest BCUT2D eigenvalue weighted by molar-refractivity contribution is 0.582. The van der Waals surface area contributed by atoms with E-state index in [1.807, 2.05) is 0 Å². The highest BCUT2D eigenvalue weighted by Gasteiger charge is 2.30. The maximum atomic E-state index is 12.9. The first-order chi connectivity index (χ1) is 6.18. The predicted molar refractivity (Wildman–Crippen MR) is 55.8 cm³/mol. The Bertz CT molecular complexity index is 326. The number of hydrogen-bond donors (Lipinski definition) is 1. The second-order valence-electron chi connectivity index (χ2n) is 3.67. The van der Waals surface area contributed by atoms with E-state index in [1.54, 1.807) is 13.0 Å². The molecule has 14 heavy (non-hydrogen) atoms. The molecule has 1 unspecified atom stereocenters. The van der Waals surface area contributed by atoms with E-state index in [2.05, 4.69) is 4.98 Å². The highest BCUT2D eigenvalue weighted by atomic mass is 35.5. The Hall–Kier alpha value is -0.670. The van der Waals surface area contributed by atoms with Crippen molar-refractivity contribution >= 4 is 12.4 Å². The minimum Gasteiger partial charge on any atom is -0.322 e. The van der Waals surface area contributed by atoms with Crippen molar-refractivity contribution < 1.29 is 4.39 Å². The summed E-state index contributed by atoms with van der Waals surface area (Å²) in [6, 6.07) is 3.13. The lowest BCUT2D eigenvalue weighted by Crippen LogP contribution is -2.14. The van der Waals surface area contributed by atoms with E-state index in [0.717, 1.165) is 5.69 Å². The van der Waals surface area contributed by atoms with Gasteiger partial charge < -0.3 is 5.73 Å². The molecule has 1 saturated carbocycles. The summed E-state index contributed by atoms with van der Waals surface area (Å²) >= 11 is 0. The van der Waals surface area contributed by atoms with Crippen LogP contribution in [-0.4, -0.2) is 4.98 Å². The van der Waals surface area contributed by atoms with Gasteiger partial charge in [-0.15, -0.1) is 12.4 Å². The van der Waals surface area contributed by atoms with E-state index in [-0.39, 0.29) is 24.3 Å². The molecule has 2 N–H and O–H groups in total. The first-order valence-corrected chi connectivity index (χ1v) is 4.57. The second-order valence-corrected chi connectivity index (χ2v) is 3.67. The van der Waals surface area contributed by atoms with Crippen LogP contribution >= 0.6 is 12.4 Å². The molecule has 0 saturated heterocycles. The maximum Gasteiger partial charge on any atom is 0.144 e. The molecule has 4 heteroatoms. The Balaban J connectivity index is 0.000000980. The summed E-state index contributed by atoms with van der Waals surface area (Å²) in [4.78, 5) is 4.13. The van der Waals surface area contributed by atoms with Gasteiger partial charge in [0, 0.05) is 6.04 Å². The lowest BCUT2D eigenvalue weighted by atomic mass is 10.1. The van der Waals surface area contributed by atoms with Crippen LogP contribution in [0.15, 0.2) is 12.1 Å². The number of aryl methyl sites for hydroxylation is 1. The zero-order valence-corrected chi connectivity index (χ0v) is 8.85. The highest BCUT2D eigenvalue weighted by molar-refractivity contribution is 5.85. The molecule has 1 aromatic rings. The Morgan fingerprint density at radius 2 is 2.14 bits per heavy atom. The summed E-state index contributed by atoms with van der Waals surface area (Å²) in [5, 5.41) is 0. The van der Waals surface area contributed by atoms with Crippen LogP contribution in [-0.2, 0) is 0 Å². The number of rotatable bonds is 2. The minimum atomic E-state index is -0.258. The maximum absolute atomic E-state index is 12.9. The van der Waals surface area contributed by atoms with Crippen molar-refractivity contribution in [2.45, 2.75) is 25.8 Å². The molecular weight excluding hydrogens is 203 g/mol. The summed E-state index contributed by atoms with van der Waals surface area (Å²) in [7, 11) is 0. The van der Waals surface area contributed by atoms with E-state index in [0.29, 0.717) is 11.6 Å². The molecule has 1 fully saturated rings. The van der Waals surface area contributed by atoms with Crippen LogP contribution in [0.2, 0.25) is 0 Å². The number of hydrogen-bond acceptors (Lipinski definition) is 2. The Labute approximate surface area is 89.1 Å². The Morgan fingerprint density at radius 1 is 1.50 bits per heavy atom. The van der Waals surface area contributed by atoms with E-state index < -0.39 is 0 Å². The largest absolute Gasteiger partial charge is 0.322 e. The van der Waals surface area contributed by atoms with Crippen molar-refractivity contribution in [1.82, 2.24) is 4.98 Å². The SMILES string of the molecule is Cc1nc(C(N)C2CC2)ccc1F.Cl. The van der Waals surface area contributed by atoms with Gasteiger partial charge in [0.15, 0.2) is 0 Å². The molecule has 0 aliphatic heterocycles. The minimum absolute atomic E-state index is 0. The first-order valence-electron chi connectivity index (χ1n) is 4.57. The van der Waals surface area contributed by atoms with Gasteiger partial charge in [-0.25, -0.2) is 4.39 Å². The smallest absolute Gasteiger partial charge is 0.144 e. The zero-order chi connectivity index (χ0) is 9.42. The van der Waals surface area contributed by atoms with Gasteiger partial charge in [-0.1, -0.05) is 0 Å². The van der Waals surface area contributed by atoms with E-state index in [9.17, 15) is 4.39 Å². The highest BCUT2D eigenvalue weighted by Crippen LogP contribution is 2.38. The lowest BCUT2D eigenvalue weighted by Gasteiger charge is -2.09. The summed E-state index contributed by atoms with van der Waals surface area (Å²) < 4.78 is 12.9. The normalized spacial score (nSPS) is 17.4. The third-order valence-electron chi connectivity index (χ3n) is 2.51. The first kappa shape index (κ1) is 11.4. The van der Waals surface area contributed by atoms with E-state index in [1.165, 1.54) is 18.9 Å². The molecular formula is C10H14ClFN2. The third kappa shape index (κ3) is 2.22. The number of nitrogens with two attached hydrogens (primary N) is 1. The van der Waals surface area contributed by atoms with Gasteiger partial charge in [0.25, 0.3) is 0 Å². The van der Waals surface area contributed by atoms with Crippen LogP contribution in [0.1, 0.15) is 30.3 Å². The molecule has 0 radical (unpaired) electrons. The monoisotopic (exact) mass is 216 g/mol. The van der Waals surface area contributed by atoms with Crippen LogP contribution in [0.3, 0.4) is 0 Å². The van der Waals surface area contributed by atoms with Crippen LogP contribution in [0.4, 0.5) is 4.39 Å². The summed E-state index contributed by atoms with van der Waals surface area (Å²) in [5.74, 6) is 0.309. The average molecular weight is 217 g/mol. The summed E-state index contributed by atoms with van der Waals surface area (Å²) in [6.07, 6.45) is 2.36. The van der Waals surface area contributed by atoms with Crippen molar-refractivity contribution in [3.8, 4) is 0 Å². The van der Waals surface area contributed by atoms with E-state index in [4.69, 9.17) is 5.73 Å². The fourth-order valence-electron chi connectivity index (χ4n) is 1.45. The van der Waals surface area contributed by atoms with Gasteiger partial charge >= 0.3 is 0 Å². The molecule has 1 atom stereocenters.